The van der Waals surface area contributed by atoms with Crippen molar-refractivity contribution in [2.24, 2.45) is 0 Å². The number of benzene rings is 3. The largest absolute Gasteiger partial charge is 0.507 e. The van der Waals surface area contributed by atoms with Crippen molar-refractivity contribution in [1.29, 1.82) is 0 Å². The van der Waals surface area contributed by atoms with E-state index in [2.05, 4.69) is 5.32 Å². The second kappa shape index (κ2) is 8.93. The van der Waals surface area contributed by atoms with E-state index < -0.39 is 24.0 Å². The van der Waals surface area contributed by atoms with Crippen LogP contribution in [-0.2, 0) is 4.74 Å². The Hall–Kier alpha value is -3.80. The number of nitrogens with one attached hydrogen (secondary N) is 1. The summed E-state index contributed by atoms with van der Waals surface area (Å²) in [5.41, 5.74) is 0.840. The van der Waals surface area contributed by atoms with Crippen LogP contribution >= 0.6 is 0 Å². The molecule has 0 spiro atoms. The van der Waals surface area contributed by atoms with Crippen molar-refractivity contribution in [1.82, 2.24) is 5.32 Å². The van der Waals surface area contributed by atoms with Crippen molar-refractivity contribution in [3.63, 3.8) is 0 Å². The van der Waals surface area contributed by atoms with Gasteiger partial charge in [0.2, 0.25) is 0 Å². The standard InChI is InChI=1S/C23H21NO5/c1-15(24-22(27)17-11-5-7-13-19(17)25)21(16-9-3-2-4-10-16)29-23(28)18-12-6-8-14-20(18)26/h2-15,21,25-26H,1H3,(H,24,27). The summed E-state index contributed by atoms with van der Waals surface area (Å²) in [4.78, 5) is 25.2. The zero-order chi connectivity index (χ0) is 20.8. The van der Waals surface area contributed by atoms with Gasteiger partial charge in [-0.1, -0.05) is 54.6 Å². The minimum Gasteiger partial charge on any atom is -0.507 e. The molecule has 3 aromatic rings. The smallest absolute Gasteiger partial charge is 0.342 e. The van der Waals surface area contributed by atoms with Crippen LogP contribution in [0.25, 0.3) is 0 Å². The summed E-state index contributed by atoms with van der Waals surface area (Å²) in [5.74, 6) is -1.52. The number of carbonyl (C=O) groups excluding carboxylic acids is 2. The average Bonchev–Trinajstić information content (AvgIpc) is 2.73. The predicted molar refractivity (Wildman–Crippen MR) is 108 cm³/mol. The Kier molecular flexibility index (Phi) is 6.14. The first-order valence-corrected chi connectivity index (χ1v) is 9.10. The number of hydrogen-bond acceptors (Lipinski definition) is 5. The van der Waals surface area contributed by atoms with Gasteiger partial charge in [-0.2, -0.15) is 0 Å². The molecule has 0 aliphatic carbocycles. The van der Waals surface area contributed by atoms with Gasteiger partial charge in [0.1, 0.15) is 23.2 Å². The predicted octanol–water partition coefficient (Wildman–Crippen LogP) is 3.81. The van der Waals surface area contributed by atoms with Crippen LogP contribution in [0.3, 0.4) is 0 Å². The van der Waals surface area contributed by atoms with E-state index in [1.54, 1.807) is 55.5 Å². The van der Waals surface area contributed by atoms with Crippen molar-refractivity contribution >= 4 is 11.9 Å². The summed E-state index contributed by atoms with van der Waals surface area (Å²) in [6, 6.07) is 20.7. The van der Waals surface area contributed by atoms with Crippen LogP contribution in [0.4, 0.5) is 0 Å². The average molecular weight is 391 g/mol. The number of rotatable bonds is 6. The molecule has 0 aliphatic rings. The van der Waals surface area contributed by atoms with Crippen LogP contribution in [0.1, 0.15) is 39.3 Å². The Labute approximate surface area is 168 Å². The lowest BCUT2D eigenvalue weighted by Crippen LogP contribution is -2.38. The van der Waals surface area contributed by atoms with E-state index in [1.165, 1.54) is 24.3 Å². The molecule has 0 heterocycles. The van der Waals surface area contributed by atoms with Crippen LogP contribution in [0.15, 0.2) is 78.9 Å². The number of ether oxygens (including phenoxy) is 1. The highest BCUT2D eigenvalue weighted by molar-refractivity contribution is 5.97. The van der Waals surface area contributed by atoms with Crippen molar-refractivity contribution in [3.8, 4) is 11.5 Å². The fraction of sp³-hybridized carbons (Fsp3) is 0.130. The molecule has 0 aromatic heterocycles. The van der Waals surface area contributed by atoms with Crippen molar-refractivity contribution in [2.75, 3.05) is 0 Å². The molecule has 1 amide bonds. The SMILES string of the molecule is CC(NC(=O)c1ccccc1O)C(OC(=O)c1ccccc1O)c1ccccc1. The van der Waals surface area contributed by atoms with Gasteiger partial charge in [0, 0.05) is 0 Å². The van der Waals surface area contributed by atoms with Gasteiger partial charge in [-0.05, 0) is 36.8 Å². The Morgan fingerprint density at radius 1 is 0.793 bits per heavy atom. The highest BCUT2D eigenvalue weighted by Crippen LogP contribution is 2.26. The molecule has 0 fully saturated rings. The van der Waals surface area contributed by atoms with E-state index in [-0.39, 0.29) is 22.6 Å². The number of phenols is 2. The molecule has 2 unspecified atom stereocenters. The summed E-state index contributed by atoms with van der Waals surface area (Å²) < 4.78 is 5.66. The second-order valence-electron chi connectivity index (χ2n) is 6.53. The van der Waals surface area contributed by atoms with Crippen molar-refractivity contribution in [3.05, 3.63) is 95.6 Å². The zero-order valence-electron chi connectivity index (χ0n) is 15.8. The summed E-state index contributed by atoms with van der Waals surface area (Å²) >= 11 is 0. The van der Waals surface area contributed by atoms with Crippen LogP contribution in [0.5, 0.6) is 11.5 Å². The summed E-state index contributed by atoms with van der Waals surface area (Å²) in [7, 11) is 0. The number of para-hydroxylation sites is 2. The Morgan fingerprint density at radius 2 is 1.31 bits per heavy atom. The molecule has 0 aliphatic heterocycles. The normalized spacial score (nSPS) is 12.6. The molecule has 0 saturated carbocycles. The fourth-order valence-electron chi connectivity index (χ4n) is 2.95. The van der Waals surface area contributed by atoms with E-state index in [1.807, 2.05) is 6.07 Å². The van der Waals surface area contributed by atoms with Crippen LogP contribution in [0, 0.1) is 0 Å². The highest BCUT2D eigenvalue weighted by atomic mass is 16.5. The molecule has 0 bridgehead atoms. The van der Waals surface area contributed by atoms with E-state index in [0.29, 0.717) is 5.56 Å². The minimum atomic E-state index is -0.807. The molecule has 6 nitrogen and oxygen atoms in total. The lowest BCUT2D eigenvalue weighted by molar-refractivity contribution is 0.0204. The zero-order valence-corrected chi connectivity index (χ0v) is 15.8. The first-order valence-electron chi connectivity index (χ1n) is 9.10. The number of esters is 1. The van der Waals surface area contributed by atoms with E-state index in [4.69, 9.17) is 4.74 Å². The summed E-state index contributed by atoms with van der Waals surface area (Å²) in [6.45, 7) is 1.70. The van der Waals surface area contributed by atoms with E-state index in [9.17, 15) is 19.8 Å². The molecule has 3 N–H and O–H groups in total. The van der Waals surface area contributed by atoms with E-state index >= 15 is 0 Å². The number of aromatic hydroxyl groups is 2. The quantitative estimate of drug-likeness (QED) is 0.555. The lowest BCUT2D eigenvalue weighted by Gasteiger charge is -2.26. The molecule has 2 atom stereocenters. The maximum absolute atomic E-state index is 12.6. The van der Waals surface area contributed by atoms with Gasteiger partial charge in [0.15, 0.2) is 0 Å². The third-order valence-corrected chi connectivity index (χ3v) is 4.45. The number of amides is 1. The Bertz CT molecular complexity index is 1000. The van der Waals surface area contributed by atoms with Gasteiger partial charge in [0.05, 0.1) is 11.6 Å². The Balaban J connectivity index is 1.84. The van der Waals surface area contributed by atoms with Gasteiger partial charge >= 0.3 is 5.97 Å². The first kappa shape index (κ1) is 19.9. The van der Waals surface area contributed by atoms with Gasteiger partial charge in [-0.3, -0.25) is 4.79 Å². The highest BCUT2D eigenvalue weighted by Gasteiger charge is 2.27. The minimum absolute atomic E-state index is 0.0349. The molecule has 3 aromatic carbocycles. The van der Waals surface area contributed by atoms with Crippen molar-refractivity contribution < 1.29 is 24.5 Å². The fourth-order valence-corrected chi connectivity index (χ4v) is 2.95. The molecule has 148 valence electrons. The maximum Gasteiger partial charge on any atom is 0.342 e. The summed E-state index contributed by atoms with van der Waals surface area (Å²) in [6.07, 6.45) is -0.807. The van der Waals surface area contributed by atoms with Crippen molar-refractivity contribution in [2.45, 2.75) is 19.1 Å². The first-order chi connectivity index (χ1) is 14.0. The third kappa shape index (κ3) is 4.73. The van der Waals surface area contributed by atoms with E-state index in [0.717, 1.165) is 0 Å². The second-order valence-corrected chi connectivity index (χ2v) is 6.53. The van der Waals surface area contributed by atoms with Gasteiger partial charge < -0.3 is 20.3 Å². The van der Waals surface area contributed by atoms with Gasteiger partial charge in [0.25, 0.3) is 5.91 Å². The molecule has 6 heteroatoms. The number of phenolic OH excluding ortho intramolecular Hbond substituents is 2. The Morgan fingerprint density at radius 3 is 1.90 bits per heavy atom. The maximum atomic E-state index is 12.6. The van der Waals surface area contributed by atoms with Crippen LogP contribution in [-0.4, -0.2) is 28.1 Å². The lowest BCUT2D eigenvalue weighted by atomic mass is 10.0. The molecular formula is C23H21NO5. The third-order valence-electron chi connectivity index (χ3n) is 4.45. The number of hydrogen-bond donors (Lipinski definition) is 3. The topological polar surface area (TPSA) is 95.9 Å². The van der Waals surface area contributed by atoms with Gasteiger partial charge in [-0.15, -0.1) is 0 Å². The molecular weight excluding hydrogens is 370 g/mol. The van der Waals surface area contributed by atoms with Gasteiger partial charge in [-0.25, -0.2) is 4.79 Å². The number of carbonyl (C=O) groups is 2. The molecule has 29 heavy (non-hydrogen) atoms. The monoisotopic (exact) mass is 391 g/mol. The summed E-state index contributed by atoms with van der Waals surface area (Å²) in [5, 5.41) is 22.6. The van der Waals surface area contributed by atoms with Crippen LogP contribution < -0.4 is 5.32 Å². The molecule has 3 rings (SSSR count). The molecule has 0 saturated heterocycles. The van der Waals surface area contributed by atoms with Crippen LogP contribution in [0.2, 0.25) is 0 Å². The molecule has 0 radical (unpaired) electrons.